The van der Waals surface area contributed by atoms with E-state index in [2.05, 4.69) is 36.0 Å². The van der Waals surface area contributed by atoms with Crippen molar-refractivity contribution in [1.29, 1.82) is 0 Å². The lowest BCUT2D eigenvalue weighted by Gasteiger charge is -2.13. The van der Waals surface area contributed by atoms with Crippen molar-refractivity contribution >= 4 is 15.9 Å². The minimum atomic E-state index is 0.464. The zero-order valence-electron chi connectivity index (χ0n) is 11.6. The second kappa shape index (κ2) is 5.42. The molecule has 1 N–H and O–H groups in total. The molecule has 2 aromatic rings. The fraction of sp³-hybridized carbons (Fsp3) is 0.467. The largest absolute Gasteiger partial charge is 0.486 e. The average molecular weight is 349 g/mol. The number of rotatable bonds is 3. The van der Waals surface area contributed by atoms with Crippen LogP contribution in [0, 0.1) is 0 Å². The molecule has 4 rings (SSSR count). The highest BCUT2D eigenvalue weighted by atomic mass is 79.9. The van der Waals surface area contributed by atoms with Crippen LogP contribution in [-0.4, -0.2) is 26.8 Å². The van der Waals surface area contributed by atoms with Crippen LogP contribution < -0.4 is 10.1 Å². The fourth-order valence-corrected chi connectivity index (χ4v) is 3.43. The number of nitrogens with one attached hydrogen (secondary N) is 1. The van der Waals surface area contributed by atoms with Gasteiger partial charge in [-0.2, -0.15) is 0 Å². The van der Waals surface area contributed by atoms with Crippen molar-refractivity contribution in [2.45, 2.75) is 44.5 Å². The summed E-state index contributed by atoms with van der Waals surface area (Å²) in [6, 6.07) is 8.98. The van der Waals surface area contributed by atoms with Gasteiger partial charge in [-0.25, -0.2) is 0 Å². The molecule has 110 valence electrons. The summed E-state index contributed by atoms with van der Waals surface area (Å²) in [6.45, 7) is 1.42. The van der Waals surface area contributed by atoms with Gasteiger partial charge in [-0.3, -0.25) is 0 Å². The molecule has 5 nitrogen and oxygen atoms in total. The molecule has 2 unspecified atom stereocenters. The summed E-state index contributed by atoms with van der Waals surface area (Å²) in [5.74, 6) is 2.86. The molecular weight excluding hydrogens is 332 g/mol. The Hall–Kier alpha value is -1.40. The van der Waals surface area contributed by atoms with Gasteiger partial charge >= 0.3 is 0 Å². The predicted octanol–water partition coefficient (Wildman–Crippen LogP) is 2.30. The Bertz CT molecular complexity index is 640. The SMILES string of the molecule is Brc1ccc(OCc2nnc3n2CC2CCC(C3)N2)cc1. The van der Waals surface area contributed by atoms with Crippen molar-refractivity contribution in [2.75, 3.05) is 0 Å². The zero-order valence-corrected chi connectivity index (χ0v) is 13.2. The van der Waals surface area contributed by atoms with Crippen LogP contribution in [0.2, 0.25) is 0 Å². The maximum absolute atomic E-state index is 5.83. The molecule has 0 aliphatic carbocycles. The molecule has 2 bridgehead atoms. The van der Waals surface area contributed by atoms with E-state index in [0.29, 0.717) is 18.7 Å². The van der Waals surface area contributed by atoms with Crippen LogP contribution in [-0.2, 0) is 19.6 Å². The molecule has 0 amide bonds. The summed E-state index contributed by atoms with van der Waals surface area (Å²) in [4.78, 5) is 0. The van der Waals surface area contributed by atoms with Crippen molar-refractivity contribution in [3.63, 3.8) is 0 Å². The minimum absolute atomic E-state index is 0.464. The molecule has 6 heteroatoms. The first kappa shape index (κ1) is 13.3. The Kier molecular flexibility index (Phi) is 3.43. The Morgan fingerprint density at radius 1 is 1.19 bits per heavy atom. The third kappa shape index (κ3) is 2.70. The van der Waals surface area contributed by atoms with Crippen LogP contribution in [0.25, 0.3) is 0 Å². The van der Waals surface area contributed by atoms with Gasteiger partial charge in [0, 0.05) is 29.5 Å². The van der Waals surface area contributed by atoms with Crippen molar-refractivity contribution in [1.82, 2.24) is 20.1 Å². The highest BCUT2D eigenvalue weighted by molar-refractivity contribution is 9.10. The summed E-state index contributed by atoms with van der Waals surface area (Å²) < 4.78 is 9.11. The van der Waals surface area contributed by atoms with E-state index in [0.717, 1.165) is 34.8 Å². The Labute approximate surface area is 131 Å². The normalized spacial score (nSPS) is 23.7. The molecular formula is C15H17BrN4O. The Balaban J connectivity index is 1.50. The van der Waals surface area contributed by atoms with Crippen LogP contribution in [0.1, 0.15) is 24.5 Å². The zero-order chi connectivity index (χ0) is 14.2. The molecule has 2 atom stereocenters. The van der Waals surface area contributed by atoms with Gasteiger partial charge in [-0.1, -0.05) is 15.9 Å². The second-order valence-electron chi connectivity index (χ2n) is 5.73. The first-order chi connectivity index (χ1) is 10.3. The lowest BCUT2D eigenvalue weighted by Crippen LogP contribution is -2.30. The highest BCUT2D eigenvalue weighted by Crippen LogP contribution is 2.23. The quantitative estimate of drug-likeness (QED) is 0.924. The van der Waals surface area contributed by atoms with E-state index >= 15 is 0 Å². The van der Waals surface area contributed by atoms with Gasteiger partial charge in [-0.15, -0.1) is 10.2 Å². The Morgan fingerprint density at radius 2 is 2.00 bits per heavy atom. The fourth-order valence-electron chi connectivity index (χ4n) is 3.17. The van der Waals surface area contributed by atoms with Crippen LogP contribution in [0.4, 0.5) is 0 Å². The van der Waals surface area contributed by atoms with E-state index in [4.69, 9.17) is 4.74 Å². The summed E-state index contributed by atoms with van der Waals surface area (Å²) in [5, 5.41) is 12.3. The first-order valence-electron chi connectivity index (χ1n) is 7.33. The van der Waals surface area contributed by atoms with Gasteiger partial charge < -0.3 is 14.6 Å². The van der Waals surface area contributed by atoms with Gasteiger partial charge in [0.05, 0.1) is 0 Å². The van der Waals surface area contributed by atoms with Gasteiger partial charge in [0.1, 0.15) is 18.2 Å². The van der Waals surface area contributed by atoms with Gasteiger partial charge in [0.15, 0.2) is 5.82 Å². The van der Waals surface area contributed by atoms with E-state index in [1.165, 1.54) is 12.8 Å². The predicted molar refractivity (Wildman–Crippen MR) is 82.1 cm³/mol. The molecule has 1 aromatic carbocycles. The summed E-state index contributed by atoms with van der Waals surface area (Å²) in [6.07, 6.45) is 3.47. The van der Waals surface area contributed by atoms with Gasteiger partial charge in [0.25, 0.3) is 0 Å². The summed E-state index contributed by atoms with van der Waals surface area (Å²) in [7, 11) is 0. The molecule has 0 saturated carbocycles. The van der Waals surface area contributed by atoms with Crippen molar-refractivity contribution in [3.8, 4) is 5.75 Å². The summed E-state index contributed by atoms with van der Waals surface area (Å²) in [5.41, 5.74) is 0. The molecule has 3 heterocycles. The lowest BCUT2D eigenvalue weighted by molar-refractivity contribution is 0.286. The van der Waals surface area contributed by atoms with Gasteiger partial charge in [-0.05, 0) is 37.1 Å². The molecule has 0 radical (unpaired) electrons. The molecule has 0 spiro atoms. The third-order valence-corrected chi connectivity index (χ3v) is 4.78. The minimum Gasteiger partial charge on any atom is -0.486 e. The number of aromatic nitrogens is 3. The number of benzene rings is 1. The number of halogens is 1. The van der Waals surface area contributed by atoms with E-state index in [9.17, 15) is 0 Å². The smallest absolute Gasteiger partial charge is 0.171 e. The molecule has 1 aromatic heterocycles. The van der Waals surface area contributed by atoms with Gasteiger partial charge in [0.2, 0.25) is 0 Å². The van der Waals surface area contributed by atoms with Crippen LogP contribution >= 0.6 is 15.9 Å². The molecule has 1 fully saturated rings. The van der Waals surface area contributed by atoms with Crippen molar-refractivity contribution < 1.29 is 4.74 Å². The number of hydrogen-bond donors (Lipinski definition) is 1. The standard InChI is InChI=1S/C15H17BrN4O/c16-10-1-5-13(6-2-10)21-9-15-19-18-14-7-11-3-4-12(17-11)8-20(14)15/h1-2,5-6,11-12,17H,3-4,7-9H2. The average Bonchev–Trinajstić information content (AvgIpc) is 3.02. The maximum atomic E-state index is 5.83. The number of hydrogen-bond acceptors (Lipinski definition) is 4. The number of nitrogens with zero attached hydrogens (tertiary/aromatic N) is 3. The van der Waals surface area contributed by atoms with Crippen LogP contribution in [0.15, 0.2) is 28.7 Å². The number of fused-ring (bicyclic) bond motifs is 3. The first-order valence-corrected chi connectivity index (χ1v) is 8.12. The van der Waals surface area contributed by atoms with Crippen LogP contribution in [0.3, 0.4) is 0 Å². The molecule has 2 aliphatic heterocycles. The maximum Gasteiger partial charge on any atom is 0.171 e. The monoisotopic (exact) mass is 348 g/mol. The topological polar surface area (TPSA) is 52.0 Å². The molecule has 21 heavy (non-hydrogen) atoms. The van der Waals surface area contributed by atoms with Crippen molar-refractivity contribution in [3.05, 3.63) is 40.4 Å². The number of ether oxygens (including phenoxy) is 1. The summed E-state index contributed by atoms with van der Waals surface area (Å²) >= 11 is 3.42. The van der Waals surface area contributed by atoms with E-state index in [1.54, 1.807) is 0 Å². The molecule has 1 saturated heterocycles. The van der Waals surface area contributed by atoms with E-state index in [1.807, 2.05) is 24.3 Å². The van der Waals surface area contributed by atoms with Crippen molar-refractivity contribution in [2.24, 2.45) is 0 Å². The highest BCUT2D eigenvalue weighted by Gasteiger charge is 2.31. The Morgan fingerprint density at radius 3 is 2.86 bits per heavy atom. The third-order valence-electron chi connectivity index (χ3n) is 4.25. The van der Waals surface area contributed by atoms with E-state index < -0.39 is 0 Å². The molecule has 2 aliphatic rings. The van der Waals surface area contributed by atoms with E-state index in [-0.39, 0.29) is 0 Å². The lowest BCUT2D eigenvalue weighted by atomic mass is 10.1. The second-order valence-corrected chi connectivity index (χ2v) is 6.64. The van der Waals surface area contributed by atoms with Crippen LogP contribution in [0.5, 0.6) is 5.75 Å².